The normalized spacial score (nSPS) is 10.9. The van der Waals surface area contributed by atoms with Crippen LogP contribution in [0, 0.1) is 20.8 Å². The van der Waals surface area contributed by atoms with Crippen LogP contribution in [0.25, 0.3) is 0 Å². The number of nitrogens with one attached hydrogen (secondary N) is 2. The molecule has 32 heavy (non-hydrogen) atoms. The van der Waals surface area contributed by atoms with Crippen molar-refractivity contribution < 1.29 is 9.59 Å². The highest BCUT2D eigenvalue weighted by Crippen LogP contribution is 2.19. The predicted octanol–water partition coefficient (Wildman–Crippen LogP) is 4.57. The van der Waals surface area contributed by atoms with Gasteiger partial charge in [-0.1, -0.05) is 42.0 Å². The van der Waals surface area contributed by atoms with E-state index in [-0.39, 0.29) is 17.9 Å². The Bertz CT molecular complexity index is 1100. The van der Waals surface area contributed by atoms with Crippen LogP contribution in [0.15, 0.2) is 48.5 Å². The van der Waals surface area contributed by atoms with Crippen molar-refractivity contribution in [3.05, 3.63) is 82.2 Å². The largest absolute Gasteiger partial charge is 0.350 e. The Balaban J connectivity index is 1.65. The molecule has 0 spiro atoms. The summed E-state index contributed by atoms with van der Waals surface area (Å²) in [5, 5.41) is 10.5. The van der Waals surface area contributed by atoms with Crippen LogP contribution in [-0.4, -0.2) is 27.6 Å². The van der Waals surface area contributed by atoms with Crippen molar-refractivity contribution in [3.8, 4) is 0 Å². The molecule has 0 bridgehead atoms. The second kappa shape index (κ2) is 10.3. The van der Waals surface area contributed by atoms with Gasteiger partial charge in [-0.15, -0.1) is 0 Å². The van der Waals surface area contributed by atoms with Crippen LogP contribution in [0.1, 0.15) is 58.7 Å². The van der Waals surface area contributed by atoms with E-state index in [9.17, 15) is 9.59 Å². The monoisotopic (exact) mass is 432 g/mol. The summed E-state index contributed by atoms with van der Waals surface area (Å²) in [6.07, 6.45) is 0.912. The lowest BCUT2D eigenvalue weighted by molar-refractivity contribution is -0.116. The number of benzene rings is 2. The zero-order chi connectivity index (χ0) is 23.3. The van der Waals surface area contributed by atoms with Gasteiger partial charge in [0.1, 0.15) is 0 Å². The predicted molar refractivity (Wildman–Crippen MR) is 128 cm³/mol. The number of hydrogen-bond acceptors (Lipinski definition) is 3. The summed E-state index contributed by atoms with van der Waals surface area (Å²) in [5.41, 5.74) is 6.54. The third-order valence-electron chi connectivity index (χ3n) is 5.45. The summed E-state index contributed by atoms with van der Waals surface area (Å²) in [6, 6.07) is 15.5. The fraction of sp³-hybridized carbons (Fsp3) is 0.346. The smallest absolute Gasteiger partial charge is 0.253 e. The van der Waals surface area contributed by atoms with Gasteiger partial charge in [-0.25, -0.2) is 0 Å². The molecule has 1 heterocycles. The second-order valence-electron chi connectivity index (χ2n) is 8.51. The molecule has 1 aromatic heterocycles. The van der Waals surface area contributed by atoms with Crippen LogP contribution in [0.4, 0.5) is 5.69 Å². The maximum Gasteiger partial charge on any atom is 0.253 e. The summed E-state index contributed by atoms with van der Waals surface area (Å²) < 4.78 is 2.00. The fourth-order valence-electron chi connectivity index (χ4n) is 3.70. The van der Waals surface area contributed by atoms with E-state index in [1.54, 1.807) is 18.2 Å². The Hall–Kier alpha value is -3.41. The third-order valence-corrected chi connectivity index (χ3v) is 5.45. The van der Waals surface area contributed by atoms with E-state index >= 15 is 0 Å². The minimum Gasteiger partial charge on any atom is -0.350 e. The standard InChI is InChI=1S/C26H32N4O2/c1-17(2)27-26(32)23-8-6-7-9-24(23)28-25(31)15-14-22-19(4)29-30(20(22)5)16-21-12-10-18(3)11-13-21/h6-13,17H,14-16H2,1-5H3,(H,27,32)(H,28,31). The molecule has 6 nitrogen and oxygen atoms in total. The van der Waals surface area contributed by atoms with Gasteiger partial charge in [0.15, 0.2) is 0 Å². The summed E-state index contributed by atoms with van der Waals surface area (Å²) >= 11 is 0. The molecule has 0 unspecified atom stereocenters. The van der Waals surface area contributed by atoms with E-state index < -0.39 is 0 Å². The highest BCUT2D eigenvalue weighted by Gasteiger charge is 2.16. The molecule has 0 aliphatic rings. The average Bonchev–Trinajstić information content (AvgIpc) is 3.00. The van der Waals surface area contributed by atoms with Crippen LogP contribution < -0.4 is 10.6 Å². The van der Waals surface area contributed by atoms with Gasteiger partial charge in [-0.3, -0.25) is 14.3 Å². The van der Waals surface area contributed by atoms with Gasteiger partial charge in [-0.05, 0) is 64.3 Å². The van der Waals surface area contributed by atoms with Gasteiger partial charge < -0.3 is 10.6 Å². The second-order valence-corrected chi connectivity index (χ2v) is 8.51. The SMILES string of the molecule is Cc1ccc(Cn2nc(C)c(CCC(=O)Nc3ccccc3C(=O)NC(C)C)c2C)cc1. The number of anilines is 1. The summed E-state index contributed by atoms with van der Waals surface area (Å²) in [4.78, 5) is 25.1. The molecular weight excluding hydrogens is 400 g/mol. The van der Waals surface area contributed by atoms with Crippen molar-refractivity contribution >= 4 is 17.5 Å². The van der Waals surface area contributed by atoms with Gasteiger partial charge in [0.2, 0.25) is 5.91 Å². The Kier molecular flexibility index (Phi) is 7.46. The van der Waals surface area contributed by atoms with Crippen molar-refractivity contribution in [1.29, 1.82) is 0 Å². The molecule has 3 rings (SSSR count). The van der Waals surface area contributed by atoms with Gasteiger partial charge in [0.25, 0.3) is 5.91 Å². The first-order valence-electron chi connectivity index (χ1n) is 11.0. The summed E-state index contributed by atoms with van der Waals surface area (Å²) in [5.74, 6) is -0.320. The molecule has 168 valence electrons. The zero-order valence-electron chi connectivity index (χ0n) is 19.5. The Morgan fingerprint density at radius 1 is 1.00 bits per heavy atom. The molecule has 2 aromatic carbocycles. The number of aryl methyl sites for hydroxylation is 2. The molecule has 0 aliphatic carbocycles. The quantitative estimate of drug-likeness (QED) is 0.548. The van der Waals surface area contributed by atoms with Crippen molar-refractivity contribution in [1.82, 2.24) is 15.1 Å². The Labute approximate surface area is 190 Å². The molecule has 0 radical (unpaired) electrons. The molecule has 2 amide bonds. The van der Waals surface area contributed by atoms with E-state index in [1.807, 2.05) is 38.4 Å². The van der Waals surface area contributed by atoms with E-state index in [0.29, 0.717) is 30.6 Å². The van der Waals surface area contributed by atoms with Crippen molar-refractivity contribution in [3.63, 3.8) is 0 Å². The first-order valence-corrected chi connectivity index (χ1v) is 11.0. The molecule has 0 atom stereocenters. The molecule has 0 saturated heterocycles. The van der Waals surface area contributed by atoms with Gasteiger partial charge in [-0.2, -0.15) is 5.10 Å². The van der Waals surface area contributed by atoms with Crippen LogP contribution in [0.2, 0.25) is 0 Å². The number of carbonyl (C=O) groups excluding carboxylic acids is 2. The Morgan fingerprint density at radius 3 is 2.38 bits per heavy atom. The number of aromatic nitrogens is 2. The van der Waals surface area contributed by atoms with E-state index in [1.165, 1.54) is 11.1 Å². The average molecular weight is 433 g/mol. The lowest BCUT2D eigenvalue weighted by atomic mass is 10.1. The lowest BCUT2D eigenvalue weighted by Crippen LogP contribution is -2.31. The van der Waals surface area contributed by atoms with Crippen LogP contribution in [-0.2, 0) is 17.8 Å². The molecule has 0 saturated carbocycles. The first kappa shape index (κ1) is 23.3. The highest BCUT2D eigenvalue weighted by molar-refractivity contribution is 6.03. The minimum atomic E-state index is -0.194. The number of nitrogens with zero attached hydrogens (tertiary/aromatic N) is 2. The van der Waals surface area contributed by atoms with Crippen LogP contribution in [0.3, 0.4) is 0 Å². The maximum atomic E-state index is 12.7. The highest BCUT2D eigenvalue weighted by atomic mass is 16.2. The molecule has 2 N–H and O–H groups in total. The van der Waals surface area contributed by atoms with Crippen LogP contribution >= 0.6 is 0 Å². The van der Waals surface area contributed by atoms with Gasteiger partial charge in [0, 0.05) is 18.2 Å². The summed E-state index contributed by atoms with van der Waals surface area (Å²) in [7, 11) is 0. The van der Waals surface area contributed by atoms with Crippen molar-refractivity contribution in [2.45, 2.75) is 60.0 Å². The van der Waals surface area contributed by atoms with E-state index in [4.69, 9.17) is 0 Å². The number of hydrogen-bond donors (Lipinski definition) is 2. The van der Waals surface area contributed by atoms with Crippen molar-refractivity contribution in [2.75, 3.05) is 5.32 Å². The zero-order valence-corrected chi connectivity index (χ0v) is 19.5. The molecule has 0 aliphatic heterocycles. The maximum absolute atomic E-state index is 12.7. The molecule has 3 aromatic rings. The number of carbonyl (C=O) groups is 2. The van der Waals surface area contributed by atoms with E-state index in [2.05, 4.69) is 46.9 Å². The number of amides is 2. The van der Waals surface area contributed by atoms with E-state index in [0.717, 1.165) is 17.0 Å². The van der Waals surface area contributed by atoms with Crippen LogP contribution in [0.5, 0.6) is 0 Å². The van der Waals surface area contributed by atoms with Gasteiger partial charge in [0.05, 0.1) is 23.5 Å². The Morgan fingerprint density at radius 2 is 1.69 bits per heavy atom. The lowest BCUT2D eigenvalue weighted by Gasteiger charge is -2.13. The molecule has 6 heteroatoms. The number of rotatable bonds is 8. The first-order chi connectivity index (χ1) is 15.2. The topological polar surface area (TPSA) is 76.0 Å². The molecule has 0 fully saturated rings. The fourth-order valence-corrected chi connectivity index (χ4v) is 3.70. The third kappa shape index (κ3) is 5.84. The van der Waals surface area contributed by atoms with Gasteiger partial charge >= 0.3 is 0 Å². The minimum absolute atomic E-state index is 0.0219. The van der Waals surface area contributed by atoms with Crippen molar-refractivity contribution in [2.24, 2.45) is 0 Å². The molecular formula is C26H32N4O2. The number of para-hydroxylation sites is 1. The summed E-state index contributed by atoms with van der Waals surface area (Å²) in [6.45, 7) is 10.6.